The summed E-state index contributed by atoms with van der Waals surface area (Å²) in [5.74, 6) is 0. The lowest BCUT2D eigenvalue weighted by Crippen LogP contribution is -2.06. The van der Waals surface area contributed by atoms with Crippen LogP contribution in [0.3, 0.4) is 0 Å². The largest absolute Gasteiger partial charge is 0.393 e. The van der Waals surface area contributed by atoms with E-state index >= 15 is 0 Å². The van der Waals surface area contributed by atoms with Gasteiger partial charge >= 0.3 is 6.18 Å². The Morgan fingerprint density at radius 2 is 2.00 bits per heavy atom. The van der Waals surface area contributed by atoms with Gasteiger partial charge in [0.15, 0.2) is 0 Å². The number of aliphatic imine (C=N–C) groups is 1. The van der Waals surface area contributed by atoms with Gasteiger partial charge in [-0.05, 0) is 0 Å². The Kier molecular flexibility index (Phi) is 2.51. The fourth-order valence-electron chi connectivity index (χ4n) is 0.195. The average molecular weight is 125 g/mol. The molecule has 0 N–H and O–H groups in total. The van der Waals surface area contributed by atoms with E-state index in [1.165, 1.54) is 7.05 Å². The summed E-state index contributed by atoms with van der Waals surface area (Å²) in [7, 11) is 1.31. The van der Waals surface area contributed by atoms with Gasteiger partial charge in [0.1, 0.15) is 0 Å². The van der Waals surface area contributed by atoms with Crippen molar-refractivity contribution >= 4 is 6.21 Å². The van der Waals surface area contributed by atoms with Crippen LogP contribution in [0.1, 0.15) is 6.42 Å². The second kappa shape index (κ2) is 2.69. The molecule has 0 bridgehead atoms. The van der Waals surface area contributed by atoms with Crippen molar-refractivity contribution in [2.45, 2.75) is 12.6 Å². The minimum Gasteiger partial charge on any atom is -0.301 e. The molecule has 0 fully saturated rings. The summed E-state index contributed by atoms with van der Waals surface area (Å²) in [6.45, 7) is 0. The van der Waals surface area contributed by atoms with Crippen LogP contribution in [0.25, 0.3) is 0 Å². The first-order chi connectivity index (χ1) is 3.56. The zero-order chi connectivity index (χ0) is 6.62. The first-order valence-corrected chi connectivity index (χ1v) is 2.03. The molecule has 0 rings (SSSR count). The van der Waals surface area contributed by atoms with Crippen molar-refractivity contribution in [2.75, 3.05) is 7.05 Å². The first kappa shape index (κ1) is 7.46. The van der Waals surface area contributed by atoms with Gasteiger partial charge in [0, 0.05) is 13.3 Å². The third kappa shape index (κ3) is 5.46. The van der Waals surface area contributed by atoms with E-state index in [4.69, 9.17) is 0 Å². The zero-order valence-corrected chi connectivity index (χ0v) is 4.37. The maximum Gasteiger partial charge on any atom is 0.393 e. The van der Waals surface area contributed by atoms with Crippen LogP contribution < -0.4 is 0 Å². The normalized spacial score (nSPS) is 13.0. The van der Waals surface area contributed by atoms with E-state index in [1.54, 1.807) is 0 Å². The van der Waals surface area contributed by atoms with Crippen molar-refractivity contribution in [2.24, 2.45) is 4.99 Å². The van der Waals surface area contributed by atoms with Crippen LogP contribution in [-0.2, 0) is 0 Å². The molecule has 0 spiro atoms. The number of alkyl halides is 3. The molecular formula is C4H6F3N. The van der Waals surface area contributed by atoms with E-state index in [2.05, 4.69) is 4.99 Å². The smallest absolute Gasteiger partial charge is 0.301 e. The Labute approximate surface area is 45.2 Å². The Bertz CT molecular complexity index is 83.8. The highest BCUT2D eigenvalue weighted by Gasteiger charge is 2.24. The van der Waals surface area contributed by atoms with Crippen LogP contribution in [0.15, 0.2) is 4.99 Å². The lowest BCUT2D eigenvalue weighted by molar-refractivity contribution is -0.120. The summed E-state index contributed by atoms with van der Waals surface area (Å²) in [5, 5.41) is 0. The van der Waals surface area contributed by atoms with Crippen LogP contribution >= 0.6 is 0 Å². The van der Waals surface area contributed by atoms with E-state index in [-0.39, 0.29) is 0 Å². The maximum atomic E-state index is 11.2. The molecule has 0 aliphatic rings. The molecule has 1 nitrogen and oxygen atoms in total. The lowest BCUT2D eigenvalue weighted by atomic mass is 10.5. The van der Waals surface area contributed by atoms with E-state index in [0.29, 0.717) is 0 Å². The Morgan fingerprint density at radius 1 is 1.50 bits per heavy atom. The third-order valence-corrected chi connectivity index (χ3v) is 0.505. The molecule has 0 amide bonds. The van der Waals surface area contributed by atoms with E-state index in [0.717, 1.165) is 6.21 Å². The first-order valence-electron chi connectivity index (χ1n) is 2.03. The van der Waals surface area contributed by atoms with Crippen LogP contribution in [0.4, 0.5) is 13.2 Å². The van der Waals surface area contributed by atoms with Crippen molar-refractivity contribution in [3.05, 3.63) is 0 Å². The van der Waals surface area contributed by atoms with Gasteiger partial charge in [0.2, 0.25) is 0 Å². The molecular weight excluding hydrogens is 119 g/mol. The van der Waals surface area contributed by atoms with Crippen molar-refractivity contribution in [3.63, 3.8) is 0 Å². The third-order valence-electron chi connectivity index (χ3n) is 0.505. The van der Waals surface area contributed by atoms with Crippen molar-refractivity contribution in [1.82, 2.24) is 0 Å². The molecule has 0 aromatic carbocycles. The van der Waals surface area contributed by atoms with E-state index < -0.39 is 12.6 Å². The molecule has 0 aromatic rings. The number of nitrogens with zero attached hydrogens (tertiary/aromatic N) is 1. The van der Waals surface area contributed by atoms with Crippen molar-refractivity contribution < 1.29 is 13.2 Å². The number of halogens is 3. The summed E-state index contributed by atoms with van der Waals surface area (Å²) in [6.07, 6.45) is -4.19. The molecule has 0 saturated carbocycles. The van der Waals surface area contributed by atoms with Crippen LogP contribution in [-0.4, -0.2) is 19.4 Å². The molecule has 0 atom stereocenters. The van der Waals surface area contributed by atoms with Crippen molar-refractivity contribution in [1.29, 1.82) is 0 Å². The molecule has 0 radical (unpaired) electrons. The highest BCUT2D eigenvalue weighted by molar-refractivity contribution is 5.57. The van der Waals surface area contributed by atoms with Crippen molar-refractivity contribution in [3.8, 4) is 0 Å². The fourth-order valence-corrected chi connectivity index (χ4v) is 0.195. The second-order valence-corrected chi connectivity index (χ2v) is 1.26. The molecule has 0 heterocycles. The minimum atomic E-state index is -4.10. The average Bonchev–Trinajstić information content (AvgIpc) is 1.59. The van der Waals surface area contributed by atoms with Gasteiger partial charge in [0.05, 0.1) is 6.42 Å². The van der Waals surface area contributed by atoms with Gasteiger partial charge in [0.25, 0.3) is 0 Å². The van der Waals surface area contributed by atoms with Gasteiger partial charge in [-0.2, -0.15) is 13.2 Å². The predicted molar refractivity (Wildman–Crippen MR) is 25.1 cm³/mol. The maximum absolute atomic E-state index is 11.2. The summed E-state index contributed by atoms with van der Waals surface area (Å²) in [5.41, 5.74) is 0. The van der Waals surface area contributed by atoms with Crippen LogP contribution in [0, 0.1) is 0 Å². The second-order valence-electron chi connectivity index (χ2n) is 1.26. The lowest BCUT2D eigenvalue weighted by Gasteiger charge is -1.97. The molecule has 0 unspecified atom stereocenters. The topological polar surface area (TPSA) is 12.4 Å². The number of hydrogen-bond donors (Lipinski definition) is 0. The Balaban J connectivity index is 3.39. The standard InChI is InChI=1S/C4H6F3N/c1-8-3-2-4(5,6)7/h3H,2H2,1H3/b8-3-. The summed E-state index contributed by atoms with van der Waals surface area (Å²) in [4.78, 5) is 3.18. The van der Waals surface area contributed by atoms with Gasteiger partial charge < -0.3 is 4.99 Å². The number of rotatable bonds is 1. The van der Waals surface area contributed by atoms with Gasteiger partial charge in [-0.1, -0.05) is 0 Å². The fraction of sp³-hybridized carbons (Fsp3) is 0.750. The van der Waals surface area contributed by atoms with Crippen LogP contribution in [0.5, 0.6) is 0 Å². The highest BCUT2D eigenvalue weighted by Crippen LogP contribution is 2.17. The predicted octanol–water partition coefficient (Wildman–Crippen LogP) is 1.64. The minimum absolute atomic E-state index is 0.833. The quantitative estimate of drug-likeness (QED) is 0.472. The van der Waals surface area contributed by atoms with Gasteiger partial charge in [-0.3, -0.25) is 0 Å². The van der Waals surface area contributed by atoms with E-state index in [9.17, 15) is 13.2 Å². The molecule has 4 heteroatoms. The molecule has 8 heavy (non-hydrogen) atoms. The summed E-state index contributed by atoms with van der Waals surface area (Å²) in [6, 6.07) is 0. The monoisotopic (exact) mass is 125 g/mol. The van der Waals surface area contributed by atoms with Gasteiger partial charge in [-0.25, -0.2) is 0 Å². The molecule has 0 aliphatic heterocycles. The highest BCUT2D eigenvalue weighted by atomic mass is 19.4. The van der Waals surface area contributed by atoms with Crippen LogP contribution in [0.2, 0.25) is 0 Å². The van der Waals surface area contributed by atoms with Gasteiger partial charge in [-0.15, -0.1) is 0 Å². The molecule has 0 saturated heterocycles. The Morgan fingerprint density at radius 3 is 2.12 bits per heavy atom. The molecule has 0 aromatic heterocycles. The zero-order valence-electron chi connectivity index (χ0n) is 4.37. The summed E-state index contributed by atoms with van der Waals surface area (Å²) >= 11 is 0. The summed E-state index contributed by atoms with van der Waals surface area (Å²) < 4.78 is 33.5. The molecule has 48 valence electrons. The SMILES string of the molecule is C/N=C\CC(F)(F)F. The van der Waals surface area contributed by atoms with E-state index in [1.807, 2.05) is 0 Å². The number of hydrogen-bond acceptors (Lipinski definition) is 1. The Hall–Kier alpha value is -0.540. The molecule has 0 aliphatic carbocycles.